The van der Waals surface area contributed by atoms with Gasteiger partial charge in [0.05, 0.1) is 12.2 Å². The fourth-order valence-corrected chi connectivity index (χ4v) is 3.79. The van der Waals surface area contributed by atoms with Crippen molar-refractivity contribution < 1.29 is 9.47 Å². The molecule has 2 aliphatic rings. The Morgan fingerprint density at radius 3 is 2.28 bits per heavy atom. The van der Waals surface area contributed by atoms with Crippen LogP contribution < -0.4 is 15.4 Å². The van der Waals surface area contributed by atoms with Gasteiger partial charge in [0, 0.05) is 18.8 Å². The highest BCUT2D eigenvalue weighted by Gasteiger charge is 2.16. The Bertz CT molecular complexity index is 523. The van der Waals surface area contributed by atoms with Crippen LogP contribution in [0.5, 0.6) is 5.75 Å². The van der Waals surface area contributed by atoms with Crippen LogP contribution in [0.1, 0.15) is 57.8 Å². The summed E-state index contributed by atoms with van der Waals surface area (Å²) in [4.78, 5) is 0. The Morgan fingerprint density at radius 1 is 0.960 bits per heavy atom. The van der Waals surface area contributed by atoms with Crippen molar-refractivity contribution in [1.29, 1.82) is 0 Å². The van der Waals surface area contributed by atoms with E-state index in [1.54, 1.807) is 0 Å². The molecular weight excluding hydrogens is 332 g/mol. The predicted octanol–water partition coefficient (Wildman–Crippen LogP) is 4.64. The third kappa shape index (κ3) is 6.48. The first-order valence-corrected chi connectivity index (χ1v) is 10.1. The average Bonchev–Trinajstić information content (AvgIpc) is 3.30. The maximum Gasteiger partial charge on any atom is 0.170 e. The molecule has 0 aliphatic heterocycles. The van der Waals surface area contributed by atoms with E-state index in [1.807, 2.05) is 24.3 Å². The van der Waals surface area contributed by atoms with E-state index in [9.17, 15) is 0 Å². The molecule has 1 aromatic rings. The number of nitrogens with one attached hydrogen (secondary N) is 2. The van der Waals surface area contributed by atoms with Crippen LogP contribution in [0.15, 0.2) is 24.3 Å². The molecule has 2 aliphatic carbocycles. The van der Waals surface area contributed by atoms with Gasteiger partial charge in [0.15, 0.2) is 5.11 Å². The monoisotopic (exact) mass is 362 g/mol. The highest BCUT2D eigenvalue weighted by atomic mass is 32.1. The largest absolute Gasteiger partial charge is 0.490 e. The number of hydrogen-bond donors (Lipinski definition) is 2. The quantitative estimate of drug-likeness (QED) is 0.521. The van der Waals surface area contributed by atoms with Crippen LogP contribution in [0, 0.1) is 0 Å². The molecule has 1 aromatic carbocycles. The van der Waals surface area contributed by atoms with Crippen LogP contribution in [-0.2, 0) is 4.74 Å². The van der Waals surface area contributed by atoms with Gasteiger partial charge in [0.1, 0.15) is 5.75 Å². The lowest BCUT2D eigenvalue weighted by Crippen LogP contribution is -2.30. The van der Waals surface area contributed by atoms with Gasteiger partial charge in [-0.3, -0.25) is 0 Å². The molecule has 2 saturated carbocycles. The van der Waals surface area contributed by atoms with Gasteiger partial charge in [-0.05, 0) is 81.4 Å². The van der Waals surface area contributed by atoms with Crippen LogP contribution in [0.2, 0.25) is 0 Å². The van der Waals surface area contributed by atoms with E-state index in [1.165, 1.54) is 51.4 Å². The molecular formula is C20H30N2O2S. The first-order valence-electron chi connectivity index (χ1n) is 9.73. The summed E-state index contributed by atoms with van der Waals surface area (Å²) in [6.45, 7) is 1.65. The minimum Gasteiger partial charge on any atom is -0.490 e. The Hall–Kier alpha value is -1.33. The first kappa shape index (κ1) is 18.5. The van der Waals surface area contributed by atoms with Crippen LogP contribution in [0.4, 0.5) is 5.69 Å². The van der Waals surface area contributed by atoms with E-state index in [2.05, 4.69) is 10.6 Å². The second kappa shape index (κ2) is 9.97. The number of anilines is 1. The van der Waals surface area contributed by atoms with Crippen LogP contribution in [-0.4, -0.2) is 30.5 Å². The second-order valence-corrected chi connectivity index (χ2v) is 7.47. The number of thiocarbonyl (C=S) groups is 1. The van der Waals surface area contributed by atoms with Gasteiger partial charge < -0.3 is 20.1 Å². The van der Waals surface area contributed by atoms with E-state index in [-0.39, 0.29) is 0 Å². The fraction of sp³-hybridized carbons (Fsp3) is 0.650. The SMILES string of the molecule is S=C(NCCCOC1CCCC1)Nc1ccc(OC2CCCC2)cc1. The van der Waals surface area contributed by atoms with Gasteiger partial charge >= 0.3 is 0 Å². The summed E-state index contributed by atoms with van der Waals surface area (Å²) < 4.78 is 11.8. The normalized spacial score (nSPS) is 18.4. The zero-order chi connectivity index (χ0) is 17.3. The van der Waals surface area contributed by atoms with Crippen molar-refractivity contribution in [3.8, 4) is 5.75 Å². The van der Waals surface area contributed by atoms with Gasteiger partial charge in [0.2, 0.25) is 0 Å². The highest BCUT2D eigenvalue weighted by molar-refractivity contribution is 7.80. The molecule has 0 aromatic heterocycles. The minimum atomic E-state index is 0.396. The first-order chi connectivity index (χ1) is 12.3. The van der Waals surface area contributed by atoms with Crippen LogP contribution in [0.25, 0.3) is 0 Å². The van der Waals surface area contributed by atoms with Crippen molar-refractivity contribution in [3.63, 3.8) is 0 Å². The molecule has 2 N–H and O–H groups in total. The molecule has 0 amide bonds. The maximum atomic E-state index is 5.98. The van der Waals surface area contributed by atoms with Gasteiger partial charge in [0.25, 0.3) is 0 Å². The summed E-state index contributed by atoms with van der Waals surface area (Å²) in [7, 11) is 0. The number of benzene rings is 1. The van der Waals surface area contributed by atoms with Crippen molar-refractivity contribution in [1.82, 2.24) is 5.32 Å². The van der Waals surface area contributed by atoms with E-state index in [0.29, 0.717) is 17.3 Å². The Morgan fingerprint density at radius 2 is 1.60 bits per heavy atom. The maximum absolute atomic E-state index is 5.98. The fourth-order valence-electron chi connectivity index (χ4n) is 3.57. The minimum absolute atomic E-state index is 0.396. The van der Waals surface area contributed by atoms with Crippen molar-refractivity contribution in [2.45, 2.75) is 70.0 Å². The van der Waals surface area contributed by atoms with Crippen molar-refractivity contribution >= 4 is 23.0 Å². The average molecular weight is 363 g/mol. The Kier molecular flexibility index (Phi) is 7.37. The van der Waals surface area contributed by atoms with Crippen LogP contribution >= 0.6 is 12.2 Å². The molecule has 0 spiro atoms. The van der Waals surface area contributed by atoms with E-state index >= 15 is 0 Å². The van der Waals surface area contributed by atoms with Gasteiger partial charge in [-0.15, -0.1) is 0 Å². The smallest absolute Gasteiger partial charge is 0.170 e. The zero-order valence-corrected chi connectivity index (χ0v) is 15.8. The second-order valence-electron chi connectivity index (χ2n) is 7.06. The Labute approximate surface area is 156 Å². The van der Waals surface area contributed by atoms with Gasteiger partial charge in [-0.1, -0.05) is 12.8 Å². The molecule has 0 atom stereocenters. The third-order valence-electron chi connectivity index (χ3n) is 4.98. The van der Waals surface area contributed by atoms with Gasteiger partial charge in [-0.25, -0.2) is 0 Å². The van der Waals surface area contributed by atoms with Crippen molar-refractivity contribution in [3.05, 3.63) is 24.3 Å². The molecule has 138 valence electrons. The predicted molar refractivity (Wildman–Crippen MR) is 106 cm³/mol. The lowest BCUT2D eigenvalue weighted by Gasteiger charge is -2.15. The molecule has 25 heavy (non-hydrogen) atoms. The molecule has 0 bridgehead atoms. The van der Waals surface area contributed by atoms with E-state index in [4.69, 9.17) is 21.7 Å². The molecule has 5 heteroatoms. The summed E-state index contributed by atoms with van der Waals surface area (Å²) in [5, 5.41) is 7.12. The number of hydrogen-bond acceptors (Lipinski definition) is 3. The molecule has 0 heterocycles. The van der Waals surface area contributed by atoms with E-state index in [0.717, 1.165) is 31.0 Å². The molecule has 0 saturated heterocycles. The third-order valence-corrected chi connectivity index (χ3v) is 5.23. The standard InChI is InChI=1S/C20H30N2O2S/c25-20(21-14-5-15-23-17-6-1-2-7-17)22-16-10-12-19(13-11-16)24-18-8-3-4-9-18/h10-13,17-18H,1-9,14-15H2,(H2,21,22,25). The molecule has 2 fully saturated rings. The highest BCUT2D eigenvalue weighted by Crippen LogP contribution is 2.25. The lowest BCUT2D eigenvalue weighted by atomic mass is 10.3. The summed E-state index contributed by atoms with van der Waals surface area (Å²) in [6, 6.07) is 8.06. The van der Waals surface area contributed by atoms with Crippen LogP contribution in [0.3, 0.4) is 0 Å². The molecule has 3 rings (SSSR count). The summed E-state index contributed by atoms with van der Waals surface area (Å²) in [5.74, 6) is 0.945. The topological polar surface area (TPSA) is 42.5 Å². The Balaban J connectivity index is 1.29. The summed E-state index contributed by atoms with van der Waals surface area (Å²) in [6.07, 6.45) is 11.9. The lowest BCUT2D eigenvalue weighted by molar-refractivity contribution is 0.0574. The van der Waals surface area contributed by atoms with Crippen molar-refractivity contribution in [2.24, 2.45) is 0 Å². The molecule has 4 nitrogen and oxygen atoms in total. The van der Waals surface area contributed by atoms with Gasteiger partial charge in [-0.2, -0.15) is 0 Å². The van der Waals surface area contributed by atoms with E-state index < -0.39 is 0 Å². The number of rotatable bonds is 8. The zero-order valence-electron chi connectivity index (χ0n) is 15.0. The molecule has 0 unspecified atom stereocenters. The summed E-state index contributed by atoms with van der Waals surface area (Å²) >= 11 is 5.35. The van der Waals surface area contributed by atoms with Crippen molar-refractivity contribution in [2.75, 3.05) is 18.5 Å². The molecule has 0 radical (unpaired) electrons. The number of ether oxygens (including phenoxy) is 2. The summed E-state index contributed by atoms with van der Waals surface area (Å²) in [5.41, 5.74) is 0.985.